The number of carboxylic acid groups (broad SMARTS) is 3. The third kappa shape index (κ3) is 11.2. The fourth-order valence-electron chi connectivity index (χ4n) is 4.60. The molecule has 0 radical (unpaired) electrons. The van der Waals surface area contributed by atoms with E-state index in [1.54, 1.807) is 0 Å². The van der Waals surface area contributed by atoms with E-state index in [1.807, 2.05) is 42.5 Å². The highest BCUT2D eigenvalue weighted by molar-refractivity contribution is 5.97. The zero-order valence-corrected chi connectivity index (χ0v) is 24.7. The highest BCUT2D eigenvalue weighted by Gasteiger charge is 2.25. The van der Waals surface area contributed by atoms with E-state index in [2.05, 4.69) is 21.3 Å². The van der Waals surface area contributed by atoms with Gasteiger partial charge in [-0.05, 0) is 66.3 Å². The topological polar surface area (TPSA) is 211 Å². The Morgan fingerprint density at radius 3 is 1.96 bits per heavy atom. The molecule has 3 aromatic carbocycles. The second-order valence-electron chi connectivity index (χ2n) is 10.5. The third-order valence-electron chi connectivity index (χ3n) is 7.05. The number of urea groups is 1. The smallest absolute Gasteiger partial charge is 0.326 e. The van der Waals surface area contributed by atoms with Crippen LogP contribution in [0.3, 0.4) is 0 Å². The molecule has 14 heteroatoms. The van der Waals surface area contributed by atoms with Gasteiger partial charge in [-0.3, -0.25) is 14.4 Å². The number of carboxylic acids is 3. The highest BCUT2D eigenvalue weighted by atomic mass is 19.1. The Hall–Kier alpha value is -5.53. The summed E-state index contributed by atoms with van der Waals surface area (Å²) >= 11 is 0. The maximum atomic E-state index is 13.4. The number of carbonyl (C=O) groups is 6. The van der Waals surface area contributed by atoms with Crippen molar-refractivity contribution >= 4 is 46.5 Å². The fourth-order valence-corrected chi connectivity index (χ4v) is 4.60. The van der Waals surface area contributed by atoms with Crippen LogP contribution in [0.25, 0.3) is 10.8 Å². The molecule has 4 amide bonds. The van der Waals surface area contributed by atoms with Gasteiger partial charge in [0.05, 0.1) is 0 Å². The SMILES string of the molecule is O=C(O)CCC(NC(=O)NC(CCCCNC(=O)C(Cc1ccc2ccccc2c1)NC(=O)c1ccc(F)cc1)C(=O)O)C(=O)O. The Morgan fingerprint density at radius 1 is 0.696 bits per heavy atom. The van der Waals surface area contributed by atoms with E-state index in [4.69, 9.17) is 5.11 Å². The van der Waals surface area contributed by atoms with Gasteiger partial charge in [-0.1, -0.05) is 42.5 Å². The Kier molecular flexibility index (Phi) is 13.0. The number of hydrogen-bond acceptors (Lipinski definition) is 6. The number of halogens is 1. The molecule has 7 N–H and O–H groups in total. The van der Waals surface area contributed by atoms with E-state index in [0.717, 1.165) is 28.5 Å². The molecule has 46 heavy (non-hydrogen) atoms. The van der Waals surface area contributed by atoms with E-state index in [1.165, 1.54) is 12.1 Å². The maximum Gasteiger partial charge on any atom is 0.326 e. The molecule has 0 aliphatic rings. The molecule has 0 aromatic heterocycles. The summed E-state index contributed by atoms with van der Waals surface area (Å²) in [6, 6.07) is 13.3. The van der Waals surface area contributed by atoms with Crippen molar-refractivity contribution in [3.05, 3.63) is 83.7 Å². The minimum absolute atomic E-state index is 0.0483. The predicted octanol–water partition coefficient (Wildman–Crippen LogP) is 2.68. The van der Waals surface area contributed by atoms with E-state index in [-0.39, 0.29) is 37.8 Å². The molecule has 0 aliphatic carbocycles. The lowest BCUT2D eigenvalue weighted by Crippen LogP contribution is -2.51. The van der Waals surface area contributed by atoms with Crippen molar-refractivity contribution in [2.45, 2.75) is 56.7 Å². The maximum absolute atomic E-state index is 13.4. The van der Waals surface area contributed by atoms with Crippen LogP contribution in [0, 0.1) is 5.82 Å². The number of fused-ring (bicyclic) bond motifs is 1. The summed E-state index contributed by atoms with van der Waals surface area (Å²) in [5.41, 5.74) is 0.963. The van der Waals surface area contributed by atoms with Crippen LogP contribution in [0.15, 0.2) is 66.7 Å². The Morgan fingerprint density at radius 2 is 1.33 bits per heavy atom. The molecule has 3 atom stereocenters. The summed E-state index contributed by atoms with van der Waals surface area (Å²) < 4.78 is 13.4. The monoisotopic (exact) mass is 638 g/mol. The van der Waals surface area contributed by atoms with Gasteiger partial charge in [-0.15, -0.1) is 0 Å². The zero-order valence-electron chi connectivity index (χ0n) is 24.7. The largest absolute Gasteiger partial charge is 0.481 e. The second kappa shape index (κ2) is 17.1. The summed E-state index contributed by atoms with van der Waals surface area (Å²) in [6.07, 6.45) is -0.229. The number of unbranched alkanes of at least 4 members (excludes halogenated alkanes) is 1. The number of benzene rings is 3. The second-order valence-corrected chi connectivity index (χ2v) is 10.5. The zero-order chi connectivity index (χ0) is 33.6. The first-order valence-electron chi connectivity index (χ1n) is 14.5. The van der Waals surface area contributed by atoms with Gasteiger partial charge in [-0.25, -0.2) is 18.8 Å². The molecule has 3 aromatic rings. The molecule has 0 bridgehead atoms. The highest BCUT2D eigenvalue weighted by Crippen LogP contribution is 2.17. The van der Waals surface area contributed by atoms with Crippen LogP contribution in [0.5, 0.6) is 0 Å². The first kappa shape index (κ1) is 35.0. The van der Waals surface area contributed by atoms with Gasteiger partial charge in [0, 0.05) is 24.9 Å². The van der Waals surface area contributed by atoms with Crippen LogP contribution in [0.2, 0.25) is 0 Å². The van der Waals surface area contributed by atoms with Gasteiger partial charge in [0.15, 0.2) is 0 Å². The van der Waals surface area contributed by atoms with E-state index >= 15 is 0 Å². The Labute approximate surface area is 263 Å². The molecule has 3 unspecified atom stereocenters. The number of aliphatic carboxylic acids is 3. The average Bonchev–Trinajstić information content (AvgIpc) is 3.01. The molecule has 0 fully saturated rings. The number of rotatable bonds is 17. The van der Waals surface area contributed by atoms with Crippen LogP contribution >= 0.6 is 0 Å². The molecule has 0 saturated carbocycles. The molecule has 13 nitrogen and oxygen atoms in total. The Balaban J connectivity index is 1.56. The van der Waals surface area contributed by atoms with Gasteiger partial charge < -0.3 is 36.6 Å². The molecule has 0 aliphatic heterocycles. The lowest BCUT2D eigenvalue weighted by Gasteiger charge is -2.20. The van der Waals surface area contributed by atoms with Crippen LogP contribution in [0.1, 0.15) is 48.0 Å². The molecule has 0 saturated heterocycles. The van der Waals surface area contributed by atoms with Gasteiger partial charge >= 0.3 is 23.9 Å². The Bertz CT molecular complexity index is 1560. The quantitative estimate of drug-likeness (QED) is 0.108. The van der Waals surface area contributed by atoms with Gasteiger partial charge in [-0.2, -0.15) is 0 Å². The van der Waals surface area contributed by atoms with Gasteiger partial charge in [0.2, 0.25) is 5.91 Å². The molecule has 244 valence electrons. The van der Waals surface area contributed by atoms with Crippen LogP contribution in [0.4, 0.5) is 9.18 Å². The predicted molar refractivity (Wildman–Crippen MR) is 164 cm³/mol. The number of hydrogen-bond donors (Lipinski definition) is 7. The van der Waals surface area contributed by atoms with E-state index in [9.17, 15) is 43.4 Å². The number of nitrogens with one attached hydrogen (secondary N) is 4. The van der Waals surface area contributed by atoms with Crippen LogP contribution in [-0.4, -0.2) is 75.7 Å². The van der Waals surface area contributed by atoms with Crippen molar-refractivity contribution in [3.63, 3.8) is 0 Å². The standard InChI is InChI=1S/C32H35FN4O9/c33-23-12-10-21(11-13-23)28(40)35-26(18-19-8-9-20-5-1-2-6-22(20)17-19)29(41)34-16-4-3-7-24(30(42)43)36-32(46)37-25(31(44)45)14-15-27(38)39/h1-2,5-6,8-13,17,24-26H,3-4,7,14-16,18H2,(H,34,41)(H,35,40)(H,38,39)(H,42,43)(H,44,45)(H2,36,37,46). The van der Waals surface area contributed by atoms with E-state index in [0.29, 0.717) is 6.42 Å². The van der Waals surface area contributed by atoms with Crippen molar-refractivity contribution in [2.24, 2.45) is 0 Å². The first-order valence-corrected chi connectivity index (χ1v) is 14.5. The molecule has 3 rings (SSSR count). The minimum atomic E-state index is -1.52. The summed E-state index contributed by atoms with van der Waals surface area (Å²) in [7, 11) is 0. The fraction of sp³-hybridized carbons (Fsp3) is 0.312. The number of amides is 4. The van der Waals surface area contributed by atoms with Crippen molar-refractivity contribution in [3.8, 4) is 0 Å². The van der Waals surface area contributed by atoms with E-state index < -0.39 is 66.1 Å². The van der Waals surface area contributed by atoms with Crippen LogP contribution in [-0.2, 0) is 25.6 Å². The summed E-state index contributed by atoms with van der Waals surface area (Å²) in [5, 5.41) is 39.0. The normalized spacial score (nSPS) is 12.7. The lowest BCUT2D eigenvalue weighted by atomic mass is 10.0. The molecular weight excluding hydrogens is 603 g/mol. The van der Waals surface area contributed by atoms with Crippen molar-refractivity contribution in [2.75, 3.05) is 6.54 Å². The average molecular weight is 639 g/mol. The minimum Gasteiger partial charge on any atom is -0.481 e. The van der Waals surface area contributed by atoms with Crippen molar-refractivity contribution in [1.82, 2.24) is 21.3 Å². The summed E-state index contributed by atoms with van der Waals surface area (Å²) in [4.78, 5) is 71.9. The molecule has 0 heterocycles. The van der Waals surface area contributed by atoms with Crippen LogP contribution < -0.4 is 21.3 Å². The van der Waals surface area contributed by atoms with Gasteiger partial charge in [0.1, 0.15) is 23.9 Å². The van der Waals surface area contributed by atoms with Crippen molar-refractivity contribution in [1.29, 1.82) is 0 Å². The molecular formula is C32H35FN4O9. The third-order valence-corrected chi connectivity index (χ3v) is 7.05. The summed E-state index contributed by atoms with van der Waals surface area (Å²) in [5.74, 6) is -5.65. The summed E-state index contributed by atoms with van der Waals surface area (Å²) in [6.45, 7) is 0.119. The van der Waals surface area contributed by atoms with Gasteiger partial charge in [0.25, 0.3) is 5.91 Å². The molecule has 0 spiro atoms. The van der Waals surface area contributed by atoms with Crippen molar-refractivity contribution < 1.29 is 48.5 Å². The first-order chi connectivity index (χ1) is 21.9. The number of carbonyl (C=O) groups excluding carboxylic acids is 3. The lowest BCUT2D eigenvalue weighted by molar-refractivity contribution is -0.140.